The van der Waals surface area contributed by atoms with Crippen LogP contribution in [-0.4, -0.2) is 24.5 Å². The summed E-state index contributed by atoms with van der Waals surface area (Å²) in [7, 11) is 0. The first-order chi connectivity index (χ1) is 7.15. The van der Waals surface area contributed by atoms with E-state index in [0.717, 1.165) is 25.7 Å². The molecule has 0 aromatic rings. The molecule has 1 fully saturated rings. The fraction of sp³-hybridized carbons (Fsp3) is 0.818. The summed E-state index contributed by atoms with van der Waals surface area (Å²) in [6.45, 7) is 4.14. The van der Waals surface area contributed by atoms with Crippen molar-refractivity contribution < 1.29 is 14.3 Å². The van der Waals surface area contributed by atoms with E-state index in [1.165, 1.54) is 0 Å². The monoisotopic (exact) mass is 213 g/mol. The van der Waals surface area contributed by atoms with Crippen LogP contribution >= 0.6 is 0 Å². The molecule has 1 aliphatic carbocycles. The van der Waals surface area contributed by atoms with Gasteiger partial charge in [0, 0.05) is 5.92 Å². The van der Waals surface area contributed by atoms with E-state index in [9.17, 15) is 9.59 Å². The summed E-state index contributed by atoms with van der Waals surface area (Å²) in [5.74, 6) is -0.219. The number of esters is 1. The lowest BCUT2D eigenvalue weighted by atomic mass is 10.3. The van der Waals surface area contributed by atoms with E-state index in [1.54, 1.807) is 6.92 Å². The average Bonchev–Trinajstić information content (AvgIpc) is 3.00. The highest BCUT2D eigenvalue weighted by Gasteiger charge is 2.31. The summed E-state index contributed by atoms with van der Waals surface area (Å²) in [4.78, 5) is 22.7. The van der Waals surface area contributed by atoms with Crippen molar-refractivity contribution in [2.24, 2.45) is 5.92 Å². The molecule has 86 valence electrons. The van der Waals surface area contributed by atoms with Gasteiger partial charge in [0.1, 0.15) is 6.04 Å². The average molecular weight is 213 g/mol. The first-order valence-electron chi connectivity index (χ1n) is 5.62. The number of unbranched alkanes of at least 4 members (excludes halogenated alkanes) is 1. The van der Waals surface area contributed by atoms with E-state index >= 15 is 0 Å². The highest BCUT2D eigenvalue weighted by Crippen LogP contribution is 2.28. The molecule has 1 amide bonds. The van der Waals surface area contributed by atoms with Crippen molar-refractivity contribution in [3.63, 3.8) is 0 Å². The van der Waals surface area contributed by atoms with Crippen LogP contribution in [0.3, 0.4) is 0 Å². The van der Waals surface area contributed by atoms with Crippen molar-refractivity contribution in [3.05, 3.63) is 0 Å². The molecule has 1 N–H and O–H groups in total. The van der Waals surface area contributed by atoms with Gasteiger partial charge in [0.15, 0.2) is 0 Å². The Morgan fingerprint density at radius 2 is 2.13 bits per heavy atom. The van der Waals surface area contributed by atoms with Crippen LogP contribution in [0.5, 0.6) is 0 Å². The van der Waals surface area contributed by atoms with Gasteiger partial charge in [-0.15, -0.1) is 0 Å². The minimum Gasteiger partial charge on any atom is -0.464 e. The van der Waals surface area contributed by atoms with Crippen LogP contribution in [0.25, 0.3) is 0 Å². The second-order valence-corrected chi connectivity index (χ2v) is 4.03. The first kappa shape index (κ1) is 12.0. The predicted molar refractivity (Wildman–Crippen MR) is 56.2 cm³/mol. The Morgan fingerprint density at radius 1 is 1.47 bits per heavy atom. The van der Waals surface area contributed by atoms with Gasteiger partial charge in [-0.3, -0.25) is 4.79 Å². The smallest absolute Gasteiger partial charge is 0.328 e. The van der Waals surface area contributed by atoms with Gasteiger partial charge in [-0.1, -0.05) is 13.3 Å². The van der Waals surface area contributed by atoms with Gasteiger partial charge in [-0.05, 0) is 26.2 Å². The quantitative estimate of drug-likeness (QED) is 0.533. The van der Waals surface area contributed by atoms with Crippen molar-refractivity contribution in [1.82, 2.24) is 5.32 Å². The van der Waals surface area contributed by atoms with E-state index in [-0.39, 0.29) is 17.8 Å². The maximum Gasteiger partial charge on any atom is 0.328 e. The van der Waals surface area contributed by atoms with Crippen LogP contribution in [0.1, 0.15) is 39.5 Å². The third-order valence-electron chi connectivity index (χ3n) is 2.40. The number of hydrogen-bond acceptors (Lipinski definition) is 3. The lowest BCUT2D eigenvalue weighted by Crippen LogP contribution is -2.40. The number of ether oxygens (including phenoxy) is 1. The van der Waals surface area contributed by atoms with Crippen molar-refractivity contribution in [1.29, 1.82) is 0 Å². The highest BCUT2D eigenvalue weighted by molar-refractivity contribution is 5.86. The van der Waals surface area contributed by atoms with Crippen molar-refractivity contribution in [2.75, 3.05) is 6.61 Å². The maximum atomic E-state index is 11.4. The molecule has 4 nitrogen and oxygen atoms in total. The predicted octanol–water partition coefficient (Wildman–Crippen LogP) is 1.24. The fourth-order valence-corrected chi connectivity index (χ4v) is 1.18. The summed E-state index contributed by atoms with van der Waals surface area (Å²) < 4.78 is 4.99. The van der Waals surface area contributed by atoms with Crippen LogP contribution in [0, 0.1) is 5.92 Å². The Bertz CT molecular complexity index is 236. The van der Waals surface area contributed by atoms with Gasteiger partial charge < -0.3 is 10.1 Å². The molecule has 0 heterocycles. The zero-order valence-corrected chi connectivity index (χ0v) is 9.41. The molecule has 0 spiro atoms. The van der Waals surface area contributed by atoms with Crippen LogP contribution < -0.4 is 5.32 Å². The minimum atomic E-state index is -0.519. The lowest BCUT2D eigenvalue weighted by molar-refractivity contribution is -0.147. The molecule has 0 aliphatic heterocycles. The maximum absolute atomic E-state index is 11.4. The summed E-state index contributed by atoms with van der Waals surface area (Å²) in [5, 5.41) is 2.66. The number of rotatable bonds is 6. The minimum absolute atomic E-state index is 0.0186. The van der Waals surface area contributed by atoms with Crippen LogP contribution in [0.15, 0.2) is 0 Å². The third kappa shape index (κ3) is 4.32. The molecule has 0 aromatic carbocycles. The molecular weight excluding hydrogens is 194 g/mol. The van der Waals surface area contributed by atoms with Crippen LogP contribution in [0.2, 0.25) is 0 Å². The topological polar surface area (TPSA) is 55.4 Å². The van der Waals surface area contributed by atoms with Gasteiger partial charge in [0.25, 0.3) is 0 Å². The molecule has 0 bridgehead atoms. The molecular formula is C11H19NO3. The number of carbonyl (C=O) groups excluding carboxylic acids is 2. The Kier molecular flexibility index (Phi) is 4.59. The molecule has 0 saturated heterocycles. The number of hydrogen-bond donors (Lipinski definition) is 1. The molecule has 4 heteroatoms. The molecule has 15 heavy (non-hydrogen) atoms. The first-order valence-corrected chi connectivity index (χ1v) is 5.62. The third-order valence-corrected chi connectivity index (χ3v) is 2.40. The molecule has 1 atom stereocenters. The van der Waals surface area contributed by atoms with Gasteiger partial charge in [-0.2, -0.15) is 0 Å². The van der Waals surface area contributed by atoms with Crippen LogP contribution in [0.4, 0.5) is 0 Å². The van der Waals surface area contributed by atoms with E-state index in [4.69, 9.17) is 4.74 Å². The fourth-order valence-electron chi connectivity index (χ4n) is 1.18. The number of carbonyl (C=O) groups is 2. The SMILES string of the molecule is CCCCOC(=O)C(C)NC(=O)C1CC1. The van der Waals surface area contributed by atoms with Gasteiger partial charge in [0.2, 0.25) is 5.91 Å². The Labute approximate surface area is 90.4 Å². The van der Waals surface area contributed by atoms with E-state index in [2.05, 4.69) is 5.32 Å². The molecule has 1 rings (SSSR count). The molecule has 1 unspecified atom stereocenters. The summed E-state index contributed by atoms with van der Waals surface area (Å²) in [6, 6.07) is -0.519. The van der Waals surface area contributed by atoms with Crippen molar-refractivity contribution in [2.45, 2.75) is 45.6 Å². The largest absolute Gasteiger partial charge is 0.464 e. The van der Waals surface area contributed by atoms with Gasteiger partial charge >= 0.3 is 5.97 Å². The molecule has 0 radical (unpaired) electrons. The van der Waals surface area contributed by atoms with Gasteiger partial charge in [-0.25, -0.2) is 4.79 Å². The second kappa shape index (κ2) is 5.73. The zero-order valence-electron chi connectivity index (χ0n) is 9.41. The molecule has 0 aromatic heterocycles. The zero-order chi connectivity index (χ0) is 11.3. The molecule has 1 aliphatic rings. The second-order valence-electron chi connectivity index (χ2n) is 4.03. The standard InChI is InChI=1S/C11H19NO3/c1-3-4-7-15-11(14)8(2)12-10(13)9-5-6-9/h8-9H,3-7H2,1-2H3,(H,12,13). The Balaban J connectivity index is 2.16. The van der Waals surface area contributed by atoms with Crippen LogP contribution in [-0.2, 0) is 14.3 Å². The molecule has 1 saturated carbocycles. The number of nitrogens with one attached hydrogen (secondary N) is 1. The summed E-state index contributed by atoms with van der Waals surface area (Å²) >= 11 is 0. The lowest BCUT2D eigenvalue weighted by Gasteiger charge is -2.12. The summed E-state index contributed by atoms with van der Waals surface area (Å²) in [5.41, 5.74) is 0. The van der Waals surface area contributed by atoms with Crippen molar-refractivity contribution >= 4 is 11.9 Å². The van der Waals surface area contributed by atoms with Gasteiger partial charge in [0.05, 0.1) is 6.61 Å². The highest BCUT2D eigenvalue weighted by atomic mass is 16.5. The normalized spacial score (nSPS) is 16.9. The number of amides is 1. The van der Waals surface area contributed by atoms with E-state index in [1.807, 2.05) is 6.92 Å². The summed E-state index contributed by atoms with van der Waals surface area (Å²) in [6.07, 6.45) is 3.76. The Hall–Kier alpha value is -1.06. The van der Waals surface area contributed by atoms with Crippen molar-refractivity contribution in [3.8, 4) is 0 Å². The van der Waals surface area contributed by atoms with E-state index in [0.29, 0.717) is 6.61 Å². The Morgan fingerprint density at radius 3 is 2.67 bits per heavy atom. The van der Waals surface area contributed by atoms with E-state index < -0.39 is 6.04 Å².